The first-order valence-corrected chi connectivity index (χ1v) is 4.78. The van der Waals surface area contributed by atoms with E-state index in [2.05, 4.69) is 4.74 Å². The maximum atomic E-state index is 12.6. The molecule has 1 rings (SSSR count). The van der Waals surface area contributed by atoms with E-state index in [1.165, 1.54) is 0 Å². The van der Waals surface area contributed by atoms with Crippen molar-refractivity contribution in [3.8, 4) is 0 Å². The Morgan fingerprint density at radius 3 is 2.41 bits per heavy atom. The van der Waals surface area contributed by atoms with E-state index < -0.39 is 11.7 Å². The smallest absolute Gasteiger partial charge is 0.416 e. The lowest BCUT2D eigenvalue weighted by atomic mass is 10.1. The molecule has 0 heterocycles. The lowest BCUT2D eigenvalue weighted by Gasteiger charge is -2.17. The molecule has 94 valence electrons. The Balaban J connectivity index is 3.14. The molecule has 0 saturated carbocycles. The number of carbonyl (C=O) groups excluding carboxylic acids is 1. The number of carbonyl (C=O) groups is 1. The van der Waals surface area contributed by atoms with Gasteiger partial charge in [-0.15, -0.1) is 0 Å². The zero-order valence-electron chi connectivity index (χ0n) is 9.41. The van der Waals surface area contributed by atoms with E-state index in [1.54, 1.807) is 25.1 Å². The molecule has 0 unspecified atom stereocenters. The number of benzene rings is 1. The number of nitrogens with zero attached hydrogens (tertiary/aromatic N) is 1. The molecule has 0 aliphatic rings. The Kier molecular flexibility index (Phi) is 3.98. The molecule has 0 N–H and O–H groups in total. The summed E-state index contributed by atoms with van der Waals surface area (Å²) in [6.45, 7) is 0.0316. The number of hydrogen-bond donors (Lipinski definition) is 0. The monoisotopic (exact) mass is 247 g/mol. The number of rotatable bonds is 4. The predicted octanol–water partition coefficient (Wildman–Crippen LogP) is 2.44. The minimum atomic E-state index is -4.41. The van der Waals surface area contributed by atoms with Crippen molar-refractivity contribution in [3.05, 3.63) is 29.3 Å². The van der Waals surface area contributed by atoms with Crippen molar-refractivity contribution in [1.82, 2.24) is 0 Å². The zero-order chi connectivity index (χ0) is 13.1. The predicted molar refractivity (Wildman–Crippen MR) is 56.6 cm³/mol. The zero-order valence-corrected chi connectivity index (χ0v) is 9.41. The molecule has 17 heavy (non-hydrogen) atoms. The molecular formula is C11H12F3NO2. The molecule has 0 radical (unpaired) electrons. The van der Waals surface area contributed by atoms with Crippen LogP contribution < -0.4 is 4.90 Å². The number of halogens is 3. The number of anilines is 1. The van der Waals surface area contributed by atoms with Crippen LogP contribution in [0.15, 0.2) is 18.2 Å². The SMILES string of the molecule is CN(C)c1cc(COC=O)cc(C(F)(F)F)c1. The second-order valence-electron chi connectivity index (χ2n) is 3.69. The van der Waals surface area contributed by atoms with Crippen molar-refractivity contribution < 1.29 is 22.7 Å². The van der Waals surface area contributed by atoms with Gasteiger partial charge in [0.2, 0.25) is 0 Å². The summed E-state index contributed by atoms with van der Waals surface area (Å²) in [4.78, 5) is 11.6. The van der Waals surface area contributed by atoms with Crippen LogP contribution in [-0.2, 0) is 22.3 Å². The molecule has 0 fully saturated rings. The van der Waals surface area contributed by atoms with Crippen molar-refractivity contribution in [2.75, 3.05) is 19.0 Å². The van der Waals surface area contributed by atoms with Gasteiger partial charge in [-0.3, -0.25) is 4.79 Å². The molecule has 6 heteroatoms. The van der Waals surface area contributed by atoms with Gasteiger partial charge in [-0.2, -0.15) is 13.2 Å². The fourth-order valence-electron chi connectivity index (χ4n) is 1.31. The first-order chi connectivity index (χ1) is 7.84. The highest BCUT2D eigenvalue weighted by molar-refractivity contribution is 5.51. The molecule has 0 saturated heterocycles. The maximum Gasteiger partial charge on any atom is 0.416 e. The van der Waals surface area contributed by atoms with Crippen LogP contribution in [0.1, 0.15) is 11.1 Å². The van der Waals surface area contributed by atoms with Crippen molar-refractivity contribution in [2.24, 2.45) is 0 Å². The van der Waals surface area contributed by atoms with Gasteiger partial charge in [-0.25, -0.2) is 0 Å². The quantitative estimate of drug-likeness (QED) is 0.765. The second-order valence-corrected chi connectivity index (χ2v) is 3.69. The first-order valence-electron chi connectivity index (χ1n) is 4.78. The van der Waals surface area contributed by atoms with Gasteiger partial charge in [0.15, 0.2) is 0 Å². The van der Waals surface area contributed by atoms with Gasteiger partial charge < -0.3 is 9.64 Å². The summed E-state index contributed by atoms with van der Waals surface area (Å²) in [6, 6.07) is 3.56. The Morgan fingerprint density at radius 2 is 1.94 bits per heavy atom. The standard InChI is InChI=1S/C11H12F3NO2/c1-15(2)10-4-8(6-17-7-16)3-9(5-10)11(12,13)14/h3-5,7H,6H2,1-2H3. The van der Waals surface area contributed by atoms with Gasteiger partial charge in [-0.1, -0.05) is 0 Å². The van der Waals surface area contributed by atoms with Gasteiger partial charge in [0, 0.05) is 19.8 Å². The lowest BCUT2D eigenvalue weighted by molar-refractivity contribution is -0.137. The van der Waals surface area contributed by atoms with E-state index in [1.807, 2.05) is 0 Å². The normalized spacial score (nSPS) is 11.1. The summed E-state index contributed by atoms with van der Waals surface area (Å²) >= 11 is 0. The van der Waals surface area contributed by atoms with Crippen LogP contribution in [0.4, 0.5) is 18.9 Å². The Hall–Kier alpha value is -1.72. The van der Waals surface area contributed by atoms with Crippen LogP contribution >= 0.6 is 0 Å². The second kappa shape index (κ2) is 5.07. The molecule has 0 aliphatic carbocycles. The van der Waals surface area contributed by atoms with E-state index >= 15 is 0 Å². The molecule has 0 aromatic heterocycles. The van der Waals surface area contributed by atoms with Crippen LogP contribution in [0.3, 0.4) is 0 Å². The third kappa shape index (κ3) is 3.65. The van der Waals surface area contributed by atoms with Crippen molar-refractivity contribution in [3.63, 3.8) is 0 Å². The topological polar surface area (TPSA) is 29.5 Å². The first kappa shape index (κ1) is 13.3. The third-order valence-electron chi connectivity index (χ3n) is 2.14. The van der Waals surface area contributed by atoms with Gasteiger partial charge in [-0.05, 0) is 23.8 Å². The molecule has 0 amide bonds. The molecule has 0 spiro atoms. The van der Waals surface area contributed by atoms with Gasteiger partial charge in [0.25, 0.3) is 6.47 Å². The Bertz CT molecular complexity index is 402. The van der Waals surface area contributed by atoms with E-state index in [-0.39, 0.29) is 13.1 Å². The minimum Gasteiger partial charge on any atom is -0.463 e. The fraction of sp³-hybridized carbons (Fsp3) is 0.364. The fourth-order valence-corrected chi connectivity index (χ4v) is 1.31. The summed E-state index contributed by atoms with van der Waals surface area (Å²) in [6.07, 6.45) is -4.41. The molecular weight excluding hydrogens is 235 g/mol. The summed E-state index contributed by atoms with van der Waals surface area (Å²) in [5.41, 5.74) is -0.0480. The van der Waals surface area contributed by atoms with Crippen molar-refractivity contribution in [2.45, 2.75) is 12.8 Å². The molecule has 0 atom stereocenters. The highest BCUT2D eigenvalue weighted by Crippen LogP contribution is 2.32. The van der Waals surface area contributed by atoms with Gasteiger partial charge in [0.1, 0.15) is 6.61 Å². The molecule has 3 nitrogen and oxygen atoms in total. The highest BCUT2D eigenvalue weighted by Gasteiger charge is 2.31. The Labute approximate surface area is 96.8 Å². The summed E-state index contributed by atoms with van der Waals surface area (Å²) in [5, 5.41) is 0. The summed E-state index contributed by atoms with van der Waals surface area (Å²) in [7, 11) is 3.28. The minimum absolute atomic E-state index is 0.172. The lowest BCUT2D eigenvalue weighted by Crippen LogP contribution is -2.12. The number of hydrogen-bond acceptors (Lipinski definition) is 3. The largest absolute Gasteiger partial charge is 0.463 e. The third-order valence-corrected chi connectivity index (χ3v) is 2.14. The van der Waals surface area contributed by atoms with E-state index in [9.17, 15) is 18.0 Å². The maximum absolute atomic E-state index is 12.6. The highest BCUT2D eigenvalue weighted by atomic mass is 19.4. The van der Waals surface area contributed by atoms with Crippen LogP contribution in [0.25, 0.3) is 0 Å². The average Bonchev–Trinajstić information content (AvgIpc) is 2.24. The molecule has 1 aromatic rings. The van der Waals surface area contributed by atoms with Crippen LogP contribution in [-0.4, -0.2) is 20.6 Å². The van der Waals surface area contributed by atoms with E-state index in [0.717, 1.165) is 12.1 Å². The van der Waals surface area contributed by atoms with Crippen molar-refractivity contribution >= 4 is 12.2 Å². The molecule has 0 aliphatic heterocycles. The molecule has 1 aromatic carbocycles. The molecule has 0 bridgehead atoms. The summed E-state index contributed by atoms with van der Waals surface area (Å²) < 4.78 is 42.3. The number of ether oxygens (including phenoxy) is 1. The number of alkyl halides is 3. The van der Waals surface area contributed by atoms with Crippen LogP contribution in [0.2, 0.25) is 0 Å². The van der Waals surface area contributed by atoms with E-state index in [4.69, 9.17) is 0 Å². The Morgan fingerprint density at radius 1 is 1.29 bits per heavy atom. The van der Waals surface area contributed by atoms with Gasteiger partial charge >= 0.3 is 6.18 Å². The van der Waals surface area contributed by atoms with Gasteiger partial charge in [0.05, 0.1) is 5.56 Å². The summed E-state index contributed by atoms with van der Waals surface area (Å²) in [5.74, 6) is 0. The van der Waals surface area contributed by atoms with E-state index in [0.29, 0.717) is 11.3 Å². The van der Waals surface area contributed by atoms with Crippen LogP contribution in [0, 0.1) is 0 Å². The average molecular weight is 247 g/mol. The van der Waals surface area contributed by atoms with Crippen LogP contribution in [0.5, 0.6) is 0 Å². The van der Waals surface area contributed by atoms with Crippen molar-refractivity contribution in [1.29, 1.82) is 0 Å².